The van der Waals surface area contributed by atoms with E-state index in [2.05, 4.69) is 17.0 Å². The number of amides is 1. The van der Waals surface area contributed by atoms with Gasteiger partial charge in [0.05, 0.1) is 0 Å². The summed E-state index contributed by atoms with van der Waals surface area (Å²) >= 11 is 0. The molecule has 0 aliphatic heterocycles. The first-order chi connectivity index (χ1) is 10.4. The lowest BCUT2D eigenvalue weighted by Gasteiger charge is -2.10. The van der Waals surface area contributed by atoms with E-state index in [0.29, 0.717) is 12.1 Å². The standard InChI is InChI=1S/C16H22F3NO2/c1-2-3-4-5-6-7-8-15(21)20-13-9-11-14(12-10-13)22-16(17,18)19/h9-12H,2-8H2,1H3,(H,20,21). The van der Waals surface area contributed by atoms with Crippen molar-refractivity contribution in [3.8, 4) is 5.75 Å². The summed E-state index contributed by atoms with van der Waals surface area (Å²) in [5, 5.41) is 2.66. The van der Waals surface area contributed by atoms with Crippen molar-refractivity contribution in [2.45, 2.75) is 58.2 Å². The summed E-state index contributed by atoms with van der Waals surface area (Å²) in [5.41, 5.74) is 0.463. The summed E-state index contributed by atoms with van der Waals surface area (Å²) < 4.78 is 39.8. The van der Waals surface area contributed by atoms with Gasteiger partial charge in [-0.1, -0.05) is 39.0 Å². The van der Waals surface area contributed by atoms with Crippen molar-refractivity contribution in [2.24, 2.45) is 0 Å². The molecule has 6 heteroatoms. The average Bonchev–Trinajstić information content (AvgIpc) is 2.43. The lowest BCUT2D eigenvalue weighted by molar-refractivity contribution is -0.274. The molecule has 1 N–H and O–H groups in total. The molecule has 3 nitrogen and oxygen atoms in total. The first-order valence-corrected chi connectivity index (χ1v) is 7.56. The molecule has 0 fully saturated rings. The van der Waals surface area contributed by atoms with Gasteiger partial charge in [0.1, 0.15) is 5.75 Å². The highest BCUT2D eigenvalue weighted by atomic mass is 19.4. The maximum absolute atomic E-state index is 12.0. The average molecular weight is 317 g/mol. The van der Waals surface area contributed by atoms with Crippen LogP contribution in [0.4, 0.5) is 18.9 Å². The van der Waals surface area contributed by atoms with Crippen molar-refractivity contribution < 1.29 is 22.7 Å². The maximum Gasteiger partial charge on any atom is 0.573 e. The highest BCUT2D eigenvalue weighted by Gasteiger charge is 2.30. The fourth-order valence-corrected chi connectivity index (χ4v) is 2.03. The number of carbonyl (C=O) groups excluding carboxylic acids is 1. The van der Waals surface area contributed by atoms with Gasteiger partial charge in [-0.15, -0.1) is 13.2 Å². The summed E-state index contributed by atoms with van der Waals surface area (Å²) in [6.45, 7) is 2.15. The van der Waals surface area contributed by atoms with Crippen LogP contribution in [0.2, 0.25) is 0 Å². The molecular formula is C16H22F3NO2. The molecule has 0 aliphatic rings. The Bertz CT molecular complexity index is 444. The summed E-state index contributed by atoms with van der Waals surface area (Å²) in [4.78, 5) is 11.7. The molecule has 22 heavy (non-hydrogen) atoms. The highest BCUT2D eigenvalue weighted by Crippen LogP contribution is 2.24. The van der Waals surface area contributed by atoms with Gasteiger partial charge in [-0.25, -0.2) is 0 Å². The van der Waals surface area contributed by atoms with Crippen LogP contribution in [0.15, 0.2) is 24.3 Å². The number of rotatable bonds is 9. The molecule has 0 saturated carbocycles. The second-order valence-electron chi connectivity index (χ2n) is 5.14. The van der Waals surface area contributed by atoms with Crippen LogP contribution in [0.1, 0.15) is 51.9 Å². The quantitative estimate of drug-likeness (QED) is 0.630. The van der Waals surface area contributed by atoms with Gasteiger partial charge < -0.3 is 10.1 Å². The molecule has 1 rings (SSSR count). The second-order valence-corrected chi connectivity index (χ2v) is 5.14. The van der Waals surface area contributed by atoms with E-state index in [-0.39, 0.29) is 11.7 Å². The van der Waals surface area contributed by atoms with Gasteiger partial charge in [0, 0.05) is 12.1 Å². The Balaban J connectivity index is 2.27. The molecule has 0 unspecified atom stereocenters. The monoisotopic (exact) mass is 317 g/mol. The number of nitrogens with one attached hydrogen (secondary N) is 1. The molecule has 0 saturated heterocycles. The molecule has 0 spiro atoms. The molecule has 0 radical (unpaired) electrons. The zero-order chi connectivity index (χ0) is 16.4. The molecule has 124 valence electrons. The minimum absolute atomic E-state index is 0.125. The van der Waals surface area contributed by atoms with E-state index in [9.17, 15) is 18.0 Å². The minimum Gasteiger partial charge on any atom is -0.406 e. The molecule has 1 aromatic carbocycles. The van der Waals surface area contributed by atoms with Crippen LogP contribution in [-0.2, 0) is 4.79 Å². The van der Waals surface area contributed by atoms with E-state index in [0.717, 1.165) is 19.3 Å². The number of alkyl halides is 3. The van der Waals surface area contributed by atoms with Gasteiger partial charge in [0.15, 0.2) is 0 Å². The van der Waals surface area contributed by atoms with Gasteiger partial charge in [0.25, 0.3) is 0 Å². The van der Waals surface area contributed by atoms with Crippen LogP contribution >= 0.6 is 0 Å². The molecule has 0 atom stereocenters. The summed E-state index contributed by atoms with van der Waals surface area (Å²) in [6, 6.07) is 5.13. The Morgan fingerprint density at radius 3 is 2.23 bits per heavy atom. The maximum atomic E-state index is 12.0. The van der Waals surface area contributed by atoms with E-state index >= 15 is 0 Å². The predicted octanol–water partition coefficient (Wildman–Crippen LogP) is 5.27. The molecule has 0 bridgehead atoms. The topological polar surface area (TPSA) is 38.3 Å². The number of carbonyl (C=O) groups is 1. The van der Waals surface area contributed by atoms with Crippen LogP contribution in [0.25, 0.3) is 0 Å². The van der Waals surface area contributed by atoms with Gasteiger partial charge in [-0.3, -0.25) is 4.79 Å². The molecular weight excluding hydrogens is 295 g/mol. The molecule has 0 aliphatic carbocycles. The number of hydrogen-bond donors (Lipinski definition) is 1. The van der Waals surface area contributed by atoms with Gasteiger partial charge >= 0.3 is 6.36 Å². The van der Waals surface area contributed by atoms with E-state index in [4.69, 9.17) is 0 Å². The van der Waals surface area contributed by atoms with Crippen LogP contribution in [-0.4, -0.2) is 12.3 Å². The third-order valence-electron chi connectivity index (χ3n) is 3.13. The first kappa shape index (κ1) is 18.3. The van der Waals surface area contributed by atoms with Crippen molar-refractivity contribution in [3.05, 3.63) is 24.3 Å². The number of unbranched alkanes of at least 4 members (excludes halogenated alkanes) is 5. The van der Waals surface area contributed by atoms with Crippen LogP contribution in [0.3, 0.4) is 0 Å². The van der Waals surface area contributed by atoms with E-state index in [1.54, 1.807) is 0 Å². The molecule has 0 heterocycles. The number of ether oxygens (including phenoxy) is 1. The zero-order valence-corrected chi connectivity index (χ0v) is 12.7. The lowest BCUT2D eigenvalue weighted by atomic mass is 10.1. The van der Waals surface area contributed by atoms with Crippen molar-refractivity contribution in [3.63, 3.8) is 0 Å². The minimum atomic E-state index is -4.71. The Kier molecular flexibility index (Phi) is 7.77. The van der Waals surface area contributed by atoms with Gasteiger partial charge in [-0.2, -0.15) is 0 Å². The van der Waals surface area contributed by atoms with Crippen molar-refractivity contribution in [1.82, 2.24) is 0 Å². The fraction of sp³-hybridized carbons (Fsp3) is 0.562. The lowest BCUT2D eigenvalue weighted by Crippen LogP contribution is -2.17. The Labute approximate surface area is 128 Å². The summed E-state index contributed by atoms with van der Waals surface area (Å²) in [6.07, 6.45) is 2.29. The number of anilines is 1. The molecule has 1 amide bonds. The van der Waals surface area contributed by atoms with E-state index in [1.807, 2.05) is 0 Å². The Morgan fingerprint density at radius 1 is 1.05 bits per heavy atom. The fourth-order valence-electron chi connectivity index (χ4n) is 2.03. The first-order valence-electron chi connectivity index (χ1n) is 7.56. The Morgan fingerprint density at radius 2 is 1.64 bits per heavy atom. The van der Waals surface area contributed by atoms with Crippen LogP contribution in [0, 0.1) is 0 Å². The second kappa shape index (κ2) is 9.33. The summed E-state index contributed by atoms with van der Waals surface area (Å²) in [7, 11) is 0. The third-order valence-corrected chi connectivity index (χ3v) is 3.13. The number of hydrogen-bond acceptors (Lipinski definition) is 2. The SMILES string of the molecule is CCCCCCCCC(=O)Nc1ccc(OC(F)(F)F)cc1. The molecule has 0 aromatic heterocycles. The molecule has 1 aromatic rings. The van der Waals surface area contributed by atoms with E-state index in [1.165, 1.54) is 43.5 Å². The normalized spacial score (nSPS) is 11.3. The van der Waals surface area contributed by atoms with Gasteiger partial charge in [-0.05, 0) is 30.7 Å². The van der Waals surface area contributed by atoms with Crippen molar-refractivity contribution in [2.75, 3.05) is 5.32 Å². The predicted molar refractivity (Wildman–Crippen MR) is 79.7 cm³/mol. The number of halogens is 3. The Hall–Kier alpha value is -1.72. The van der Waals surface area contributed by atoms with Crippen molar-refractivity contribution >= 4 is 11.6 Å². The smallest absolute Gasteiger partial charge is 0.406 e. The van der Waals surface area contributed by atoms with Crippen LogP contribution in [0.5, 0.6) is 5.75 Å². The van der Waals surface area contributed by atoms with Gasteiger partial charge in [0.2, 0.25) is 5.91 Å². The van der Waals surface area contributed by atoms with Crippen molar-refractivity contribution in [1.29, 1.82) is 0 Å². The van der Waals surface area contributed by atoms with Crippen LogP contribution < -0.4 is 10.1 Å². The van der Waals surface area contributed by atoms with E-state index < -0.39 is 6.36 Å². The number of benzene rings is 1. The largest absolute Gasteiger partial charge is 0.573 e. The third kappa shape index (κ3) is 8.54. The highest BCUT2D eigenvalue weighted by molar-refractivity contribution is 5.90. The summed E-state index contributed by atoms with van der Waals surface area (Å²) in [5.74, 6) is -0.429. The zero-order valence-electron chi connectivity index (χ0n) is 12.7.